The van der Waals surface area contributed by atoms with Crippen molar-refractivity contribution in [1.82, 2.24) is 14.4 Å². The van der Waals surface area contributed by atoms with Gasteiger partial charge in [-0.3, -0.25) is 9.78 Å². The second-order valence-corrected chi connectivity index (χ2v) is 6.26. The van der Waals surface area contributed by atoms with Crippen molar-refractivity contribution >= 4 is 17.2 Å². The second kappa shape index (κ2) is 7.01. The van der Waals surface area contributed by atoms with Crippen LogP contribution in [0.2, 0.25) is 0 Å². The second-order valence-electron chi connectivity index (χ2n) is 6.26. The van der Waals surface area contributed by atoms with E-state index in [4.69, 9.17) is 0 Å². The Balaban J connectivity index is 1.63. The number of aromatic nitrogens is 3. The molecule has 1 atom stereocenters. The first kappa shape index (κ1) is 16.9. The maximum Gasteiger partial charge on any atom is 0.255 e. The fourth-order valence-electron chi connectivity index (χ4n) is 2.99. The molecule has 0 aliphatic rings. The number of fused-ring (bicyclic) bond motifs is 1. The van der Waals surface area contributed by atoms with Crippen LogP contribution in [-0.2, 0) is 0 Å². The smallest absolute Gasteiger partial charge is 0.255 e. The highest BCUT2D eigenvalue weighted by Crippen LogP contribution is 2.27. The van der Waals surface area contributed by atoms with E-state index in [1.54, 1.807) is 48.8 Å². The standard InChI is InChI=1S/C21H18N4O2/c1-14-13-25-11-9-15(12-19(25)23-14)21(27)24-17-7-3-2-6-16(17)20(26)18-8-4-5-10-22-18/h2-13,20,26H,1H3,(H,24,27). The van der Waals surface area contributed by atoms with E-state index < -0.39 is 6.10 Å². The number of rotatable bonds is 4. The van der Waals surface area contributed by atoms with Crippen LogP contribution < -0.4 is 5.32 Å². The highest BCUT2D eigenvalue weighted by atomic mass is 16.3. The fraction of sp³-hybridized carbons (Fsp3) is 0.0952. The van der Waals surface area contributed by atoms with Gasteiger partial charge in [0, 0.05) is 35.4 Å². The molecule has 0 fully saturated rings. The summed E-state index contributed by atoms with van der Waals surface area (Å²) in [6.07, 6.45) is 4.40. The maximum atomic E-state index is 12.7. The van der Waals surface area contributed by atoms with Crippen molar-refractivity contribution < 1.29 is 9.90 Å². The Bertz CT molecular complexity index is 1110. The number of para-hydroxylation sites is 1. The zero-order valence-electron chi connectivity index (χ0n) is 14.7. The third kappa shape index (κ3) is 3.43. The van der Waals surface area contributed by atoms with E-state index in [0.717, 1.165) is 5.69 Å². The molecule has 6 heteroatoms. The zero-order valence-corrected chi connectivity index (χ0v) is 14.7. The topological polar surface area (TPSA) is 79.5 Å². The van der Waals surface area contributed by atoms with Crippen LogP contribution in [0.5, 0.6) is 0 Å². The Labute approximate surface area is 156 Å². The number of hydrogen-bond acceptors (Lipinski definition) is 4. The number of carbonyl (C=O) groups is 1. The number of nitrogens with zero attached hydrogens (tertiary/aromatic N) is 3. The summed E-state index contributed by atoms with van der Waals surface area (Å²) in [5.41, 5.74) is 3.74. The number of hydrogen-bond donors (Lipinski definition) is 2. The molecule has 134 valence electrons. The lowest BCUT2D eigenvalue weighted by Gasteiger charge is -2.16. The molecule has 4 rings (SSSR count). The molecule has 0 aliphatic heterocycles. The predicted molar refractivity (Wildman–Crippen MR) is 103 cm³/mol. The predicted octanol–water partition coefficient (Wildman–Crippen LogP) is 3.37. The lowest BCUT2D eigenvalue weighted by molar-refractivity contribution is 0.102. The molecule has 0 saturated heterocycles. The van der Waals surface area contributed by atoms with Gasteiger partial charge in [-0.05, 0) is 37.3 Å². The number of aliphatic hydroxyl groups excluding tert-OH is 1. The molecule has 0 bridgehead atoms. The van der Waals surface area contributed by atoms with E-state index in [2.05, 4.69) is 15.3 Å². The average Bonchev–Trinajstić information content (AvgIpc) is 3.07. The van der Waals surface area contributed by atoms with Crippen LogP contribution in [0.25, 0.3) is 5.65 Å². The normalized spacial score (nSPS) is 12.1. The molecule has 0 aliphatic carbocycles. The fourth-order valence-corrected chi connectivity index (χ4v) is 2.99. The van der Waals surface area contributed by atoms with Gasteiger partial charge >= 0.3 is 0 Å². The molecule has 3 heterocycles. The number of carbonyl (C=O) groups excluding carboxylic acids is 1. The van der Waals surface area contributed by atoms with Gasteiger partial charge in [0.25, 0.3) is 5.91 Å². The SMILES string of the molecule is Cc1cn2ccc(C(=O)Nc3ccccc3C(O)c3ccccn3)cc2n1. The first-order chi connectivity index (χ1) is 13.1. The molecule has 6 nitrogen and oxygen atoms in total. The average molecular weight is 358 g/mol. The molecule has 1 aromatic carbocycles. The quantitative estimate of drug-likeness (QED) is 0.586. The molecule has 3 aromatic heterocycles. The molecular weight excluding hydrogens is 340 g/mol. The first-order valence-corrected chi connectivity index (χ1v) is 8.56. The largest absolute Gasteiger partial charge is 0.382 e. The molecule has 1 unspecified atom stereocenters. The number of pyridine rings is 2. The van der Waals surface area contributed by atoms with Crippen LogP contribution in [0.1, 0.15) is 33.4 Å². The van der Waals surface area contributed by atoms with Gasteiger partial charge in [0.2, 0.25) is 0 Å². The van der Waals surface area contributed by atoms with Gasteiger partial charge in [-0.15, -0.1) is 0 Å². The number of nitrogens with one attached hydrogen (secondary N) is 1. The Morgan fingerprint density at radius 1 is 1.15 bits per heavy atom. The number of aliphatic hydroxyl groups is 1. The van der Waals surface area contributed by atoms with Gasteiger partial charge in [-0.1, -0.05) is 24.3 Å². The Morgan fingerprint density at radius 3 is 2.78 bits per heavy atom. The summed E-state index contributed by atoms with van der Waals surface area (Å²) in [6, 6.07) is 16.0. The summed E-state index contributed by atoms with van der Waals surface area (Å²) < 4.78 is 1.87. The van der Waals surface area contributed by atoms with Crippen molar-refractivity contribution in [2.45, 2.75) is 13.0 Å². The van der Waals surface area contributed by atoms with E-state index in [9.17, 15) is 9.90 Å². The van der Waals surface area contributed by atoms with E-state index >= 15 is 0 Å². The zero-order chi connectivity index (χ0) is 18.8. The first-order valence-electron chi connectivity index (χ1n) is 8.56. The monoisotopic (exact) mass is 358 g/mol. The summed E-state index contributed by atoms with van der Waals surface area (Å²) in [5, 5.41) is 13.6. The van der Waals surface area contributed by atoms with Gasteiger partial charge in [0.05, 0.1) is 11.4 Å². The Kier molecular flexibility index (Phi) is 4.40. The minimum absolute atomic E-state index is 0.265. The van der Waals surface area contributed by atoms with Crippen LogP contribution in [0.4, 0.5) is 5.69 Å². The van der Waals surface area contributed by atoms with Crippen molar-refractivity contribution in [3.05, 3.63) is 95.7 Å². The summed E-state index contributed by atoms with van der Waals surface area (Å²) in [4.78, 5) is 21.3. The van der Waals surface area contributed by atoms with E-state index in [1.807, 2.05) is 35.7 Å². The van der Waals surface area contributed by atoms with Crippen molar-refractivity contribution in [2.24, 2.45) is 0 Å². The molecular formula is C21H18N4O2. The molecule has 4 aromatic rings. The van der Waals surface area contributed by atoms with Gasteiger partial charge in [0.15, 0.2) is 0 Å². The molecule has 0 saturated carbocycles. The number of aryl methyl sites for hydroxylation is 1. The van der Waals surface area contributed by atoms with Crippen LogP contribution in [0.3, 0.4) is 0 Å². The molecule has 0 spiro atoms. The van der Waals surface area contributed by atoms with Gasteiger partial charge < -0.3 is 14.8 Å². The van der Waals surface area contributed by atoms with Gasteiger partial charge in [-0.25, -0.2) is 4.98 Å². The molecule has 2 N–H and O–H groups in total. The maximum absolute atomic E-state index is 12.7. The number of benzene rings is 1. The van der Waals surface area contributed by atoms with E-state index in [-0.39, 0.29) is 5.91 Å². The lowest BCUT2D eigenvalue weighted by Crippen LogP contribution is -2.15. The molecule has 27 heavy (non-hydrogen) atoms. The number of imidazole rings is 1. The third-order valence-corrected chi connectivity index (χ3v) is 4.31. The van der Waals surface area contributed by atoms with Gasteiger partial charge in [0.1, 0.15) is 11.8 Å². The molecule has 0 radical (unpaired) electrons. The van der Waals surface area contributed by atoms with Crippen molar-refractivity contribution in [3.8, 4) is 0 Å². The van der Waals surface area contributed by atoms with Crippen molar-refractivity contribution in [2.75, 3.05) is 5.32 Å². The van der Waals surface area contributed by atoms with Gasteiger partial charge in [-0.2, -0.15) is 0 Å². The van der Waals surface area contributed by atoms with Crippen molar-refractivity contribution in [1.29, 1.82) is 0 Å². The van der Waals surface area contributed by atoms with Crippen LogP contribution in [-0.4, -0.2) is 25.4 Å². The minimum atomic E-state index is -0.930. The number of anilines is 1. The summed E-state index contributed by atoms with van der Waals surface area (Å²) in [7, 11) is 0. The van der Waals surface area contributed by atoms with Crippen LogP contribution in [0.15, 0.2) is 73.2 Å². The summed E-state index contributed by atoms with van der Waals surface area (Å²) in [6.45, 7) is 1.90. The highest BCUT2D eigenvalue weighted by molar-refractivity contribution is 6.05. The molecule has 1 amide bonds. The lowest BCUT2D eigenvalue weighted by atomic mass is 10.0. The highest BCUT2D eigenvalue weighted by Gasteiger charge is 2.17. The Morgan fingerprint density at radius 2 is 1.96 bits per heavy atom. The summed E-state index contributed by atoms with van der Waals surface area (Å²) in [5.74, 6) is -0.265. The minimum Gasteiger partial charge on any atom is -0.382 e. The van der Waals surface area contributed by atoms with Crippen LogP contribution >= 0.6 is 0 Å². The van der Waals surface area contributed by atoms with E-state index in [1.165, 1.54) is 0 Å². The summed E-state index contributed by atoms with van der Waals surface area (Å²) >= 11 is 0. The third-order valence-electron chi connectivity index (χ3n) is 4.31. The van der Waals surface area contributed by atoms with E-state index in [0.29, 0.717) is 28.2 Å². The Hall–Kier alpha value is -3.51. The van der Waals surface area contributed by atoms with Crippen molar-refractivity contribution in [3.63, 3.8) is 0 Å². The van der Waals surface area contributed by atoms with Crippen LogP contribution in [0, 0.1) is 6.92 Å². The number of amides is 1.